The maximum Gasteiger partial charge on any atom is 0.0824 e. The molecule has 0 amide bonds. The number of alkyl halides is 1. The average molecular weight is 151 g/mol. The topological polar surface area (TPSA) is 29.5 Å². The van der Waals surface area contributed by atoms with E-state index in [9.17, 15) is 0 Å². The molecule has 0 radical (unpaired) electrons. The molecule has 1 rings (SSSR count). The molecule has 2 nitrogen and oxygen atoms in total. The fourth-order valence-corrected chi connectivity index (χ4v) is 1.21. The second kappa shape index (κ2) is 2.86. The van der Waals surface area contributed by atoms with Gasteiger partial charge in [0.25, 0.3) is 0 Å². The van der Waals surface area contributed by atoms with Crippen LogP contribution in [0.15, 0.2) is 0 Å². The highest BCUT2D eigenvalue weighted by Crippen LogP contribution is 2.20. The third kappa shape index (κ3) is 1.57. The van der Waals surface area contributed by atoms with Gasteiger partial charge in [0.1, 0.15) is 0 Å². The van der Waals surface area contributed by atoms with Crippen molar-refractivity contribution in [1.82, 2.24) is 0 Å². The highest BCUT2D eigenvalue weighted by Gasteiger charge is 2.29. The first kappa shape index (κ1) is 7.32. The molecule has 1 aliphatic rings. The van der Waals surface area contributed by atoms with Crippen LogP contribution in [-0.4, -0.2) is 29.3 Å². The van der Waals surface area contributed by atoms with E-state index in [4.69, 9.17) is 21.4 Å². The summed E-state index contributed by atoms with van der Waals surface area (Å²) in [5.74, 6) is 0.488. The van der Waals surface area contributed by atoms with Gasteiger partial charge < -0.3 is 9.84 Å². The van der Waals surface area contributed by atoms with Crippen LogP contribution in [0, 0.1) is 0 Å². The van der Waals surface area contributed by atoms with Crippen LogP contribution >= 0.6 is 11.6 Å². The van der Waals surface area contributed by atoms with Crippen molar-refractivity contribution in [2.45, 2.75) is 31.7 Å². The number of aliphatic hydroxyl groups excluding tert-OH is 1. The molecule has 54 valence electrons. The van der Waals surface area contributed by atoms with E-state index in [-0.39, 0.29) is 18.3 Å². The number of hydrogen-bond acceptors (Lipinski definition) is 2. The summed E-state index contributed by atoms with van der Waals surface area (Å²) < 4.78 is 5.24. The van der Waals surface area contributed by atoms with Crippen molar-refractivity contribution < 1.29 is 9.84 Å². The molecule has 0 aliphatic carbocycles. The van der Waals surface area contributed by atoms with Crippen molar-refractivity contribution in [2.75, 3.05) is 5.88 Å². The highest BCUT2D eigenvalue weighted by molar-refractivity contribution is 6.18. The Labute approximate surface area is 59.8 Å². The van der Waals surface area contributed by atoms with E-state index in [1.807, 2.05) is 6.92 Å². The van der Waals surface area contributed by atoms with E-state index in [2.05, 4.69) is 0 Å². The minimum Gasteiger partial charge on any atom is -0.390 e. The van der Waals surface area contributed by atoms with E-state index in [1.54, 1.807) is 0 Å². The maximum absolute atomic E-state index is 9.12. The van der Waals surface area contributed by atoms with Gasteiger partial charge in [-0.15, -0.1) is 11.6 Å². The molecule has 0 aromatic heterocycles. The summed E-state index contributed by atoms with van der Waals surface area (Å²) in [6.45, 7) is 1.86. The second-order valence-corrected chi connectivity index (χ2v) is 2.73. The van der Waals surface area contributed by atoms with Gasteiger partial charge in [0.2, 0.25) is 0 Å². The van der Waals surface area contributed by atoms with Gasteiger partial charge in [-0.05, 0) is 6.92 Å². The van der Waals surface area contributed by atoms with Crippen molar-refractivity contribution in [2.24, 2.45) is 0 Å². The molecular formula is C6H11ClO2. The molecule has 0 aromatic carbocycles. The molecule has 3 atom stereocenters. The zero-order valence-electron chi connectivity index (χ0n) is 5.38. The zero-order chi connectivity index (χ0) is 6.85. The van der Waals surface area contributed by atoms with Crippen molar-refractivity contribution >= 4 is 11.6 Å². The lowest BCUT2D eigenvalue weighted by Crippen LogP contribution is -2.15. The van der Waals surface area contributed by atoms with Gasteiger partial charge in [-0.25, -0.2) is 0 Å². The average Bonchev–Trinajstić information content (AvgIpc) is 2.13. The minimum atomic E-state index is -0.311. The molecule has 3 heteroatoms. The van der Waals surface area contributed by atoms with Gasteiger partial charge in [-0.2, -0.15) is 0 Å². The van der Waals surface area contributed by atoms with E-state index in [0.717, 1.165) is 0 Å². The minimum absolute atomic E-state index is 0.0336. The lowest BCUT2D eigenvalue weighted by atomic mass is 10.2. The van der Waals surface area contributed by atoms with Crippen LogP contribution in [0.1, 0.15) is 13.3 Å². The molecule has 1 heterocycles. The predicted molar refractivity (Wildman–Crippen MR) is 35.7 cm³/mol. The number of halogens is 1. The van der Waals surface area contributed by atoms with Crippen LogP contribution < -0.4 is 0 Å². The maximum atomic E-state index is 9.12. The molecule has 1 saturated heterocycles. The molecule has 1 fully saturated rings. The van der Waals surface area contributed by atoms with Gasteiger partial charge in [-0.1, -0.05) is 0 Å². The summed E-state index contributed by atoms with van der Waals surface area (Å²) in [5.41, 5.74) is 0. The van der Waals surface area contributed by atoms with Crippen LogP contribution in [0.2, 0.25) is 0 Å². The standard InChI is InChI=1S/C6H11ClO2/c1-4-6(8)2-5(3-7)9-4/h4-6,8H,2-3H2,1H3/t4-,5-,6+/m0/s1. The summed E-state index contributed by atoms with van der Waals surface area (Å²) >= 11 is 5.50. The fourth-order valence-electron chi connectivity index (χ4n) is 1.01. The summed E-state index contributed by atoms with van der Waals surface area (Å²) in [7, 11) is 0. The highest BCUT2D eigenvalue weighted by atomic mass is 35.5. The normalized spacial score (nSPS) is 43.7. The number of aliphatic hydroxyl groups is 1. The SMILES string of the molecule is C[C@@H]1O[C@H](CCl)C[C@H]1O. The Kier molecular flexibility index (Phi) is 2.33. The predicted octanol–water partition coefficient (Wildman–Crippen LogP) is 0.763. The summed E-state index contributed by atoms with van der Waals surface area (Å²) in [4.78, 5) is 0. The summed E-state index contributed by atoms with van der Waals surface area (Å²) in [5, 5.41) is 9.12. The van der Waals surface area contributed by atoms with E-state index in [1.165, 1.54) is 0 Å². The first-order valence-corrected chi connectivity index (χ1v) is 3.67. The third-order valence-corrected chi connectivity index (χ3v) is 1.97. The van der Waals surface area contributed by atoms with Crippen LogP contribution in [0.5, 0.6) is 0 Å². The Balaban J connectivity index is 2.35. The molecule has 0 unspecified atom stereocenters. The molecule has 0 spiro atoms. The lowest BCUT2D eigenvalue weighted by molar-refractivity contribution is 0.0298. The van der Waals surface area contributed by atoms with Crippen LogP contribution in [0.4, 0.5) is 0 Å². The molecule has 0 bridgehead atoms. The Morgan fingerprint density at radius 2 is 2.44 bits per heavy atom. The monoisotopic (exact) mass is 150 g/mol. The molecule has 1 aliphatic heterocycles. The summed E-state index contributed by atoms with van der Waals surface area (Å²) in [6.07, 6.45) is 0.407. The zero-order valence-corrected chi connectivity index (χ0v) is 6.14. The van der Waals surface area contributed by atoms with E-state index < -0.39 is 0 Å². The third-order valence-electron chi connectivity index (χ3n) is 1.63. The largest absolute Gasteiger partial charge is 0.390 e. The molecule has 1 N–H and O–H groups in total. The second-order valence-electron chi connectivity index (χ2n) is 2.42. The first-order chi connectivity index (χ1) is 4.24. The van der Waals surface area contributed by atoms with Gasteiger partial charge in [0.05, 0.1) is 18.3 Å². The number of rotatable bonds is 1. The van der Waals surface area contributed by atoms with Crippen molar-refractivity contribution in [3.63, 3.8) is 0 Å². The van der Waals surface area contributed by atoms with Crippen molar-refractivity contribution in [3.05, 3.63) is 0 Å². The molecule has 9 heavy (non-hydrogen) atoms. The number of ether oxygens (including phenoxy) is 1. The quantitative estimate of drug-likeness (QED) is 0.560. The van der Waals surface area contributed by atoms with Gasteiger partial charge in [0.15, 0.2) is 0 Å². The first-order valence-electron chi connectivity index (χ1n) is 3.13. The summed E-state index contributed by atoms with van der Waals surface area (Å²) in [6, 6.07) is 0. The molecular weight excluding hydrogens is 140 g/mol. The Morgan fingerprint density at radius 1 is 1.78 bits per heavy atom. The van der Waals surface area contributed by atoms with Gasteiger partial charge in [0, 0.05) is 12.3 Å². The van der Waals surface area contributed by atoms with Crippen LogP contribution in [0.25, 0.3) is 0 Å². The lowest BCUT2D eigenvalue weighted by Gasteiger charge is -2.05. The van der Waals surface area contributed by atoms with Crippen molar-refractivity contribution in [1.29, 1.82) is 0 Å². The molecule has 0 saturated carbocycles. The van der Waals surface area contributed by atoms with Crippen LogP contribution in [0.3, 0.4) is 0 Å². The Hall–Kier alpha value is 0.210. The Morgan fingerprint density at radius 3 is 2.67 bits per heavy atom. The van der Waals surface area contributed by atoms with Gasteiger partial charge >= 0.3 is 0 Å². The number of hydrogen-bond donors (Lipinski definition) is 1. The fraction of sp³-hybridized carbons (Fsp3) is 1.00. The molecule has 0 aromatic rings. The van der Waals surface area contributed by atoms with E-state index in [0.29, 0.717) is 12.3 Å². The van der Waals surface area contributed by atoms with E-state index >= 15 is 0 Å². The van der Waals surface area contributed by atoms with Crippen molar-refractivity contribution in [3.8, 4) is 0 Å². The Bertz CT molecular complexity index is 87.1. The smallest absolute Gasteiger partial charge is 0.0824 e. The van der Waals surface area contributed by atoms with Crippen LogP contribution in [-0.2, 0) is 4.74 Å². The van der Waals surface area contributed by atoms with Gasteiger partial charge in [-0.3, -0.25) is 0 Å².